The molecule has 14 heavy (non-hydrogen) atoms. The van der Waals surface area contributed by atoms with Gasteiger partial charge in [0, 0.05) is 28.2 Å². The number of methoxy groups -OCH3 is 1. The molecule has 0 radical (unpaired) electrons. The second-order valence-electron chi connectivity index (χ2n) is 3.18. The van der Waals surface area contributed by atoms with Gasteiger partial charge in [-0.1, -0.05) is 27.5 Å². The van der Waals surface area contributed by atoms with Gasteiger partial charge in [-0.05, 0) is 24.6 Å². The summed E-state index contributed by atoms with van der Waals surface area (Å²) in [6.45, 7) is 2.42. The Morgan fingerprint density at radius 3 is 2.64 bits per heavy atom. The van der Waals surface area contributed by atoms with Crippen molar-refractivity contribution < 1.29 is 4.74 Å². The van der Waals surface area contributed by atoms with Crippen LogP contribution >= 0.6 is 27.5 Å². The van der Waals surface area contributed by atoms with Gasteiger partial charge >= 0.3 is 0 Å². The second kappa shape index (κ2) is 5.12. The number of hydrogen-bond donors (Lipinski definition) is 1. The largest absolute Gasteiger partial charge is 0.380 e. The molecule has 1 unspecified atom stereocenters. The van der Waals surface area contributed by atoms with Crippen molar-refractivity contribution in [2.75, 3.05) is 7.11 Å². The summed E-state index contributed by atoms with van der Waals surface area (Å²) in [5.74, 6) is 0. The second-order valence-corrected chi connectivity index (χ2v) is 4.45. The molecule has 0 bridgehead atoms. The highest BCUT2D eigenvalue weighted by Crippen LogP contribution is 2.29. The summed E-state index contributed by atoms with van der Waals surface area (Å²) in [6.07, 6.45) is 0. The van der Waals surface area contributed by atoms with Gasteiger partial charge < -0.3 is 10.5 Å². The average Bonchev–Trinajstić information content (AvgIpc) is 2.10. The molecule has 2 nitrogen and oxygen atoms in total. The lowest BCUT2D eigenvalue weighted by atomic mass is 10.1. The summed E-state index contributed by atoms with van der Waals surface area (Å²) in [5, 5.41) is 0.688. The lowest BCUT2D eigenvalue weighted by molar-refractivity contribution is 0.184. The number of ether oxygens (including phenoxy) is 1. The van der Waals surface area contributed by atoms with Crippen LogP contribution in [0.5, 0.6) is 0 Å². The monoisotopic (exact) mass is 277 g/mol. The average molecular weight is 279 g/mol. The molecule has 0 aliphatic heterocycles. The van der Waals surface area contributed by atoms with Crippen LogP contribution in [0.2, 0.25) is 5.02 Å². The van der Waals surface area contributed by atoms with E-state index in [4.69, 9.17) is 22.1 Å². The maximum atomic E-state index is 6.09. The summed E-state index contributed by atoms with van der Waals surface area (Å²) < 4.78 is 5.99. The predicted octanol–water partition coefficient (Wildman–Crippen LogP) is 3.27. The molecule has 1 atom stereocenters. The Hall–Kier alpha value is -0.0900. The highest BCUT2D eigenvalue weighted by molar-refractivity contribution is 9.10. The molecule has 0 saturated carbocycles. The first-order valence-corrected chi connectivity index (χ1v) is 5.45. The van der Waals surface area contributed by atoms with E-state index in [1.807, 2.05) is 19.1 Å². The van der Waals surface area contributed by atoms with Crippen LogP contribution in [0, 0.1) is 0 Å². The Morgan fingerprint density at radius 2 is 2.21 bits per heavy atom. The van der Waals surface area contributed by atoms with Crippen LogP contribution in [0.15, 0.2) is 16.6 Å². The number of benzene rings is 1. The molecule has 0 amide bonds. The highest BCUT2D eigenvalue weighted by atomic mass is 79.9. The van der Waals surface area contributed by atoms with Crippen molar-refractivity contribution in [3.05, 3.63) is 32.8 Å². The fourth-order valence-corrected chi connectivity index (χ4v) is 2.16. The van der Waals surface area contributed by atoms with Crippen molar-refractivity contribution in [2.45, 2.75) is 19.6 Å². The van der Waals surface area contributed by atoms with E-state index in [9.17, 15) is 0 Å². The molecule has 1 rings (SSSR count). The van der Waals surface area contributed by atoms with E-state index in [1.165, 1.54) is 0 Å². The fraction of sp³-hybridized carbons (Fsp3) is 0.400. The van der Waals surface area contributed by atoms with Crippen LogP contribution in [-0.2, 0) is 11.3 Å². The lowest BCUT2D eigenvalue weighted by Crippen LogP contribution is -2.05. The Kier molecular flexibility index (Phi) is 4.38. The Balaban J connectivity index is 3.11. The molecule has 0 saturated heterocycles. The van der Waals surface area contributed by atoms with E-state index in [0.29, 0.717) is 11.6 Å². The van der Waals surface area contributed by atoms with Gasteiger partial charge in [0.15, 0.2) is 0 Å². The standard InChI is InChI=1S/C10H13BrClNO/c1-6(13)7-3-9(11)8(5-14-2)10(12)4-7/h3-4,6H,5,13H2,1-2H3. The number of hydrogen-bond acceptors (Lipinski definition) is 2. The first kappa shape index (κ1) is 12.0. The summed E-state index contributed by atoms with van der Waals surface area (Å²) in [4.78, 5) is 0. The molecular weight excluding hydrogens is 265 g/mol. The van der Waals surface area contributed by atoms with Gasteiger partial charge in [-0.25, -0.2) is 0 Å². The molecule has 0 heterocycles. The third-order valence-electron chi connectivity index (χ3n) is 1.98. The van der Waals surface area contributed by atoms with Crippen LogP contribution in [0.3, 0.4) is 0 Å². The summed E-state index contributed by atoms with van der Waals surface area (Å²) in [7, 11) is 1.64. The van der Waals surface area contributed by atoms with Crippen molar-refractivity contribution in [2.24, 2.45) is 5.73 Å². The normalized spacial score (nSPS) is 12.9. The maximum Gasteiger partial charge on any atom is 0.0738 e. The summed E-state index contributed by atoms with van der Waals surface area (Å²) in [5.41, 5.74) is 7.74. The van der Waals surface area contributed by atoms with Crippen molar-refractivity contribution in [3.8, 4) is 0 Å². The first-order valence-electron chi connectivity index (χ1n) is 4.28. The van der Waals surface area contributed by atoms with Crippen molar-refractivity contribution >= 4 is 27.5 Å². The van der Waals surface area contributed by atoms with Crippen molar-refractivity contribution in [1.29, 1.82) is 0 Å². The molecule has 0 aliphatic carbocycles. The Morgan fingerprint density at radius 1 is 1.57 bits per heavy atom. The molecular formula is C10H13BrClNO. The number of nitrogens with two attached hydrogens (primary N) is 1. The van der Waals surface area contributed by atoms with Gasteiger partial charge in [0.1, 0.15) is 0 Å². The van der Waals surface area contributed by atoms with Crippen molar-refractivity contribution in [3.63, 3.8) is 0 Å². The molecule has 2 N–H and O–H groups in total. The third kappa shape index (κ3) is 2.70. The first-order chi connectivity index (χ1) is 6.56. The number of rotatable bonds is 3. The number of halogens is 2. The van der Waals surface area contributed by atoms with E-state index in [0.717, 1.165) is 15.6 Å². The predicted molar refractivity (Wildman–Crippen MR) is 62.5 cm³/mol. The molecule has 78 valence electrons. The molecule has 0 fully saturated rings. The van der Waals surface area contributed by atoms with E-state index in [-0.39, 0.29) is 6.04 Å². The minimum absolute atomic E-state index is 0.0135. The van der Waals surface area contributed by atoms with Crippen LogP contribution in [0.25, 0.3) is 0 Å². The quantitative estimate of drug-likeness (QED) is 0.921. The van der Waals surface area contributed by atoms with E-state index in [1.54, 1.807) is 7.11 Å². The maximum absolute atomic E-state index is 6.09. The SMILES string of the molecule is COCc1c(Cl)cc(C(C)N)cc1Br. The zero-order chi connectivity index (χ0) is 10.7. The molecule has 1 aromatic carbocycles. The molecule has 0 spiro atoms. The van der Waals surface area contributed by atoms with E-state index < -0.39 is 0 Å². The smallest absolute Gasteiger partial charge is 0.0738 e. The van der Waals surface area contributed by atoms with E-state index >= 15 is 0 Å². The van der Waals surface area contributed by atoms with Crippen LogP contribution in [0.1, 0.15) is 24.1 Å². The van der Waals surface area contributed by atoms with E-state index in [2.05, 4.69) is 15.9 Å². The van der Waals surface area contributed by atoms with Gasteiger partial charge in [-0.3, -0.25) is 0 Å². The zero-order valence-electron chi connectivity index (χ0n) is 8.18. The third-order valence-corrected chi connectivity index (χ3v) is 3.02. The van der Waals surface area contributed by atoms with Crippen molar-refractivity contribution in [1.82, 2.24) is 0 Å². The summed E-state index contributed by atoms with van der Waals surface area (Å²) in [6, 6.07) is 3.84. The zero-order valence-corrected chi connectivity index (χ0v) is 10.5. The topological polar surface area (TPSA) is 35.2 Å². The highest BCUT2D eigenvalue weighted by Gasteiger charge is 2.09. The Labute approximate surface area is 97.5 Å². The fourth-order valence-electron chi connectivity index (χ4n) is 1.17. The molecule has 1 aromatic rings. The lowest BCUT2D eigenvalue weighted by Gasteiger charge is -2.11. The van der Waals surface area contributed by atoms with Gasteiger partial charge in [-0.15, -0.1) is 0 Å². The van der Waals surface area contributed by atoms with Crippen LogP contribution in [-0.4, -0.2) is 7.11 Å². The molecule has 0 aliphatic rings. The minimum Gasteiger partial charge on any atom is -0.380 e. The van der Waals surface area contributed by atoms with Gasteiger partial charge in [-0.2, -0.15) is 0 Å². The summed E-state index contributed by atoms with van der Waals surface area (Å²) >= 11 is 9.54. The minimum atomic E-state index is -0.0135. The van der Waals surface area contributed by atoms with Gasteiger partial charge in [0.2, 0.25) is 0 Å². The molecule has 4 heteroatoms. The Bertz CT molecular complexity index is 305. The van der Waals surface area contributed by atoms with Crippen LogP contribution < -0.4 is 5.73 Å². The van der Waals surface area contributed by atoms with Crippen LogP contribution in [0.4, 0.5) is 0 Å². The van der Waals surface area contributed by atoms with Gasteiger partial charge in [0.05, 0.1) is 6.61 Å². The van der Waals surface area contributed by atoms with Gasteiger partial charge in [0.25, 0.3) is 0 Å². The molecule has 0 aromatic heterocycles.